The highest BCUT2D eigenvalue weighted by molar-refractivity contribution is 5.94. The Balaban J connectivity index is 1.87. The summed E-state index contributed by atoms with van der Waals surface area (Å²) in [5.74, 6) is 0.0235. The number of benzene rings is 1. The van der Waals surface area contributed by atoms with Crippen molar-refractivity contribution >= 4 is 5.91 Å². The Morgan fingerprint density at radius 2 is 2.23 bits per heavy atom. The average Bonchev–Trinajstić information content (AvgIpc) is 2.95. The first-order valence-electron chi connectivity index (χ1n) is 6.56. The van der Waals surface area contributed by atoms with Crippen LogP contribution in [0.15, 0.2) is 22.7 Å². The monoisotopic (exact) mass is 309 g/mol. The third kappa shape index (κ3) is 4.01. The molecule has 0 bridgehead atoms. The maximum atomic E-state index is 13.3. The quantitative estimate of drug-likeness (QED) is 0.830. The molecule has 1 aromatic carbocycles. The number of amides is 1. The summed E-state index contributed by atoms with van der Waals surface area (Å²) in [5.41, 5.74) is 0.309. The van der Waals surface area contributed by atoms with Gasteiger partial charge in [-0.3, -0.25) is 4.79 Å². The number of rotatable bonds is 7. The van der Waals surface area contributed by atoms with Gasteiger partial charge in [0.15, 0.2) is 17.4 Å². The van der Waals surface area contributed by atoms with Crippen molar-refractivity contribution in [2.24, 2.45) is 0 Å². The molecule has 0 aliphatic rings. The summed E-state index contributed by atoms with van der Waals surface area (Å²) in [7, 11) is 2.88. The molecule has 8 heteroatoms. The molecule has 1 heterocycles. The van der Waals surface area contributed by atoms with E-state index in [-0.39, 0.29) is 18.3 Å². The fraction of sp³-hybridized carbons (Fsp3) is 0.357. The number of carbonyl (C=O) groups excluding carboxylic acids is 1. The minimum absolute atomic E-state index is 0.0220. The van der Waals surface area contributed by atoms with Gasteiger partial charge >= 0.3 is 0 Å². The molecule has 1 aromatic heterocycles. The number of aromatic nitrogens is 2. The normalized spacial score (nSPS) is 10.5. The van der Waals surface area contributed by atoms with Crippen molar-refractivity contribution in [2.75, 3.05) is 20.8 Å². The molecule has 0 saturated carbocycles. The van der Waals surface area contributed by atoms with E-state index in [1.54, 1.807) is 0 Å². The predicted molar refractivity (Wildman–Crippen MR) is 74.0 cm³/mol. The van der Waals surface area contributed by atoms with E-state index < -0.39 is 5.82 Å². The molecule has 0 fully saturated rings. The maximum Gasteiger partial charge on any atom is 0.251 e. The van der Waals surface area contributed by atoms with Crippen molar-refractivity contribution in [2.45, 2.75) is 13.0 Å². The molecule has 0 atom stereocenters. The average molecular weight is 309 g/mol. The number of halogens is 1. The van der Waals surface area contributed by atoms with Crippen molar-refractivity contribution in [3.63, 3.8) is 0 Å². The number of nitrogens with zero attached hydrogens (tertiary/aromatic N) is 2. The molecule has 1 N–H and O–H groups in total. The molecule has 1 amide bonds. The van der Waals surface area contributed by atoms with Gasteiger partial charge in [0.05, 0.1) is 7.11 Å². The largest absolute Gasteiger partial charge is 0.494 e. The van der Waals surface area contributed by atoms with Gasteiger partial charge in [0.2, 0.25) is 5.89 Å². The zero-order valence-corrected chi connectivity index (χ0v) is 12.3. The molecule has 0 saturated heterocycles. The highest BCUT2D eigenvalue weighted by Crippen LogP contribution is 2.18. The van der Waals surface area contributed by atoms with Gasteiger partial charge in [-0.2, -0.15) is 4.98 Å². The van der Waals surface area contributed by atoms with Crippen LogP contribution in [-0.2, 0) is 17.8 Å². The van der Waals surface area contributed by atoms with Crippen LogP contribution >= 0.6 is 0 Å². The van der Waals surface area contributed by atoms with Crippen molar-refractivity contribution in [1.82, 2.24) is 15.5 Å². The molecule has 2 rings (SSSR count). The number of methoxy groups -OCH3 is 2. The van der Waals surface area contributed by atoms with Gasteiger partial charge in [-0.25, -0.2) is 4.39 Å². The second-order valence-electron chi connectivity index (χ2n) is 4.39. The second kappa shape index (κ2) is 7.51. The minimum Gasteiger partial charge on any atom is -0.494 e. The summed E-state index contributed by atoms with van der Waals surface area (Å²) in [6.07, 6.45) is 0.390. The molecule has 118 valence electrons. The van der Waals surface area contributed by atoms with Crippen LogP contribution in [0.2, 0.25) is 0 Å². The van der Waals surface area contributed by atoms with Crippen LogP contribution in [0.3, 0.4) is 0 Å². The summed E-state index contributed by atoms with van der Waals surface area (Å²) in [4.78, 5) is 16.0. The second-order valence-corrected chi connectivity index (χ2v) is 4.39. The number of carbonyl (C=O) groups is 1. The first-order valence-corrected chi connectivity index (χ1v) is 6.56. The molecule has 7 nitrogen and oxygen atoms in total. The van der Waals surface area contributed by atoms with Gasteiger partial charge in [-0.1, -0.05) is 5.16 Å². The van der Waals surface area contributed by atoms with E-state index in [2.05, 4.69) is 15.5 Å². The Kier molecular flexibility index (Phi) is 5.42. The number of hydrogen-bond donors (Lipinski definition) is 1. The lowest BCUT2D eigenvalue weighted by molar-refractivity contribution is 0.0953. The fourth-order valence-corrected chi connectivity index (χ4v) is 1.77. The van der Waals surface area contributed by atoms with Gasteiger partial charge in [-0.15, -0.1) is 0 Å². The summed E-state index contributed by atoms with van der Waals surface area (Å²) < 4.78 is 28.0. The van der Waals surface area contributed by atoms with Gasteiger partial charge < -0.3 is 19.3 Å². The molecule has 0 unspecified atom stereocenters. The predicted octanol–water partition coefficient (Wildman–Crippen LogP) is 1.34. The van der Waals surface area contributed by atoms with E-state index in [1.165, 1.54) is 32.4 Å². The fourth-order valence-electron chi connectivity index (χ4n) is 1.77. The van der Waals surface area contributed by atoms with Crippen LogP contribution in [0.5, 0.6) is 5.75 Å². The van der Waals surface area contributed by atoms with E-state index >= 15 is 0 Å². The number of nitrogens with one attached hydrogen (secondary N) is 1. The molecular weight excluding hydrogens is 293 g/mol. The molecule has 0 radical (unpaired) electrons. The van der Waals surface area contributed by atoms with Crippen LogP contribution in [0, 0.1) is 5.82 Å². The Hall–Kier alpha value is -2.48. The Morgan fingerprint density at radius 3 is 2.95 bits per heavy atom. The Morgan fingerprint density at radius 1 is 1.41 bits per heavy atom. The zero-order chi connectivity index (χ0) is 15.9. The standard InChI is InChI=1S/C14H16FN3O4/c1-20-8-12-17-13(22-18-12)5-6-16-14(19)9-3-4-10(15)11(7-9)21-2/h3-4,7H,5-6,8H2,1-2H3,(H,16,19). The smallest absolute Gasteiger partial charge is 0.251 e. The summed E-state index contributed by atoms with van der Waals surface area (Å²) in [6, 6.07) is 3.91. The molecule has 22 heavy (non-hydrogen) atoms. The van der Waals surface area contributed by atoms with Crippen LogP contribution < -0.4 is 10.1 Å². The maximum absolute atomic E-state index is 13.3. The molecular formula is C14H16FN3O4. The molecule has 0 aliphatic carbocycles. The Bertz CT molecular complexity index is 645. The van der Waals surface area contributed by atoms with Crippen molar-refractivity contribution in [3.8, 4) is 5.75 Å². The van der Waals surface area contributed by atoms with Gasteiger partial charge in [0.1, 0.15) is 6.61 Å². The highest BCUT2D eigenvalue weighted by Gasteiger charge is 2.11. The first-order chi connectivity index (χ1) is 10.6. The van der Waals surface area contributed by atoms with Crippen LogP contribution in [0.25, 0.3) is 0 Å². The third-order valence-electron chi connectivity index (χ3n) is 2.82. The number of ether oxygens (including phenoxy) is 2. The molecule has 0 aliphatic heterocycles. The lowest BCUT2D eigenvalue weighted by atomic mass is 10.2. The van der Waals surface area contributed by atoms with Crippen molar-refractivity contribution in [1.29, 1.82) is 0 Å². The topological polar surface area (TPSA) is 86.5 Å². The summed E-state index contributed by atoms with van der Waals surface area (Å²) in [5, 5.41) is 6.40. The minimum atomic E-state index is -0.518. The Labute approximate surface area is 126 Å². The lowest BCUT2D eigenvalue weighted by Crippen LogP contribution is -2.25. The van der Waals surface area contributed by atoms with E-state index in [4.69, 9.17) is 14.0 Å². The summed E-state index contributed by atoms with van der Waals surface area (Å²) >= 11 is 0. The zero-order valence-electron chi connectivity index (χ0n) is 12.3. The molecule has 2 aromatic rings. The first kappa shape index (κ1) is 15.9. The van der Waals surface area contributed by atoms with Gasteiger partial charge in [0.25, 0.3) is 5.91 Å². The van der Waals surface area contributed by atoms with Crippen molar-refractivity contribution < 1.29 is 23.2 Å². The summed E-state index contributed by atoms with van der Waals surface area (Å²) in [6.45, 7) is 0.582. The van der Waals surface area contributed by atoms with E-state index in [9.17, 15) is 9.18 Å². The van der Waals surface area contributed by atoms with E-state index in [1.807, 2.05) is 0 Å². The van der Waals surface area contributed by atoms with Gasteiger partial charge in [0, 0.05) is 25.6 Å². The SMILES string of the molecule is COCc1noc(CCNC(=O)c2ccc(F)c(OC)c2)n1. The third-order valence-corrected chi connectivity index (χ3v) is 2.82. The van der Waals surface area contributed by atoms with Gasteiger partial charge in [-0.05, 0) is 18.2 Å². The highest BCUT2D eigenvalue weighted by atomic mass is 19.1. The molecule has 0 spiro atoms. The number of hydrogen-bond acceptors (Lipinski definition) is 6. The van der Waals surface area contributed by atoms with E-state index in [0.29, 0.717) is 30.2 Å². The lowest BCUT2D eigenvalue weighted by Gasteiger charge is -2.06. The van der Waals surface area contributed by atoms with Crippen LogP contribution in [0.4, 0.5) is 4.39 Å². The van der Waals surface area contributed by atoms with E-state index in [0.717, 1.165) is 0 Å². The van der Waals surface area contributed by atoms with Crippen LogP contribution in [-0.4, -0.2) is 36.8 Å². The van der Waals surface area contributed by atoms with Crippen LogP contribution in [0.1, 0.15) is 22.1 Å². The van der Waals surface area contributed by atoms with Crippen molar-refractivity contribution in [3.05, 3.63) is 41.3 Å².